The quantitative estimate of drug-likeness (QED) is 0.229. The number of benzene rings is 3. The van der Waals surface area contributed by atoms with Crippen LogP contribution in [-0.4, -0.2) is 73.5 Å². The summed E-state index contributed by atoms with van der Waals surface area (Å²) in [6.45, 7) is 2.74. The first-order valence-electron chi connectivity index (χ1n) is 15.5. The largest absolute Gasteiger partial charge is 0.493 e. The summed E-state index contributed by atoms with van der Waals surface area (Å²) >= 11 is 0. The van der Waals surface area contributed by atoms with Crippen LogP contribution in [0, 0.1) is 0 Å². The van der Waals surface area contributed by atoms with Crippen molar-refractivity contribution in [1.82, 2.24) is 14.8 Å². The van der Waals surface area contributed by atoms with E-state index < -0.39 is 0 Å². The number of hydrogen-bond donors (Lipinski definition) is 1. The number of likely N-dealkylation sites (N-methyl/N-ethyl adjacent to an activating group) is 1. The third-order valence-corrected chi connectivity index (χ3v) is 10.3. The lowest BCUT2D eigenvalue weighted by atomic mass is 9.73. The van der Waals surface area contributed by atoms with Crippen molar-refractivity contribution in [3.63, 3.8) is 0 Å². The van der Waals surface area contributed by atoms with E-state index in [0.717, 1.165) is 57.9 Å². The van der Waals surface area contributed by atoms with Gasteiger partial charge in [-0.15, -0.1) is 0 Å². The van der Waals surface area contributed by atoms with E-state index in [1.807, 2.05) is 36.5 Å². The van der Waals surface area contributed by atoms with Crippen LogP contribution in [0.4, 0.5) is 0 Å². The number of nitrogens with zero attached hydrogens (tertiary/aromatic N) is 2. The number of hydrogen-bond acceptors (Lipinski definition) is 8. The van der Waals surface area contributed by atoms with Gasteiger partial charge < -0.3 is 28.7 Å². The Morgan fingerprint density at radius 1 is 0.978 bits per heavy atom. The average Bonchev–Trinajstić information content (AvgIpc) is 3.69. The molecule has 1 saturated heterocycles. The summed E-state index contributed by atoms with van der Waals surface area (Å²) in [6.07, 6.45) is 6.97. The number of methoxy groups -OCH3 is 2. The monoisotopic (exact) mass is 607 g/mol. The number of carbonyl (C=O) groups is 1. The van der Waals surface area contributed by atoms with Crippen LogP contribution in [0.15, 0.2) is 60.8 Å². The lowest BCUT2D eigenvalue weighted by molar-refractivity contribution is -0.144. The lowest BCUT2D eigenvalue weighted by Crippen LogP contribution is -2.68. The van der Waals surface area contributed by atoms with Crippen LogP contribution in [-0.2, 0) is 22.4 Å². The minimum Gasteiger partial charge on any atom is -0.493 e. The predicted molar refractivity (Wildman–Crippen MR) is 170 cm³/mol. The molecule has 2 bridgehead atoms. The lowest BCUT2D eigenvalue weighted by Gasteiger charge is -2.61. The van der Waals surface area contributed by atoms with Gasteiger partial charge >= 0.3 is 5.97 Å². The molecule has 0 amide bonds. The van der Waals surface area contributed by atoms with Crippen molar-refractivity contribution in [2.24, 2.45) is 0 Å². The Hall–Kier alpha value is -4.47. The standard InChI is InChI=1S/C36H37N3O6/c1-20-28-11-23-13-31(41-3)32(42-4)16-26(23)36(38(28)2)29-12-22-14-33-34(45-19-44-33)15-25(22)30(39(20)29)18-43-35(40)10-9-21-17-37-27-8-6-5-7-24(21)27/h5-10,13-17,20,28-30,36-37H,11-12,18-19H2,1-4H3. The van der Waals surface area contributed by atoms with Crippen LogP contribution in [0.1, 0.15) is 46.8 Å². The molecular weight excluding hydrogens is 570 g/mol. The summed E-state index contributed by atoms with van der Waals surface area (Å²) < 4.78 is 29.1. The maximum atomic E-state index is 13.2. The maximum Gasteiger partial charge on any atom is 0.330 e. The van der Waals surface area contributed by atoms with E-state index >= 15 is 0 Å². The van der Waals surface area contributed by atoms with Gasteiger partial charge in [-0.2, -0.15) is 0 Å². The number of piperazine rings is 1. The summed E-state index contributed by atoms with van der Waals surface area (Å²) in [4.78, 5) is 21.6. The molecule has 3 aromatic carbocycles. The number of para-hydroxylation sites is 1. The molecule has 4 aliphatic heterocycles. The smallest absolute Gasteiger partial charge is 0.330 e. The van der Waals surface area contributed by atoms with E-state index in [9.17, 15) is 4.79 Å². The Labute approximate surface area is 262 Å². The van der Waals surface area contributed by atoms with E-state index in [1.165, 1.54) is 22.8 Å². The van der Waals surface area contributed by atoms with Crippen molar-refractivity contribution in [1.29, 1.82) is 0 Å². The second kappa shape index (κ2) is 10.9. The van der Waals surface area contributed by atoms with Crippen LogP contribution in [0.2, 0.25) is 0 Å². The third-order valence-electron chi connectivity index (χ3n) is 10.3. The molecule has 0 saturated carbocycles. The van der Waals surface area contributed by atoms with Gasteiger partial charge in [0.15, 0.2) is 23.0 Å². The maximum absolute atomic E-state index is 13.2. The van der Waals surface area contributed by atoms with Crippen LogP contribution in [0.5, 0.6) is 23.0 Å². The van der Waals surface area contributed by atoms with E-state index in [0.29, 0.717) is 0 Å². The minimum atomic E-state index is -0.367. The first kappa shape index (κ1) is 28.0. The zero-order valence-corrected chi connectivity index (χ0v) is 25.9. The molecular formula is C36H37N3O6. The molecule has 9 heteroatoms. The van der Waals surface area contributed by atoms with E-state index in [-0.39, 0.29) is 49.6 Å². The zero-order chi connectivity index (χ0) is 30.8. The summed E-state index contributed by atoms with van der Waals surface area (Å²) in [5.74, 6) is 2.64. The fourth-order valence-corrected chi connectivity index (χ4v) is 8.22. The van der Waals surface area contributed by atoms with Gasteiger partial charge in [0.25, 0.3) is 0 Å². The number of fused-ring (bicyclic) bond motifs is 9. The minimum absolute atomic E-state index is 0.119. The number of ether oxygens (including phenoxy) is 5. The number of aromatic amines is 1. The topological polar surface area (TPSA) is 85.5 Å². The van der Waals surface area contributed by atoms with Crippen LogP contribution in [0.3, 0.4) is 0 Å². The Kier molecular flexibility index (Phi) is 6.76. The van der Waals surface area contributed by atoms with Crippen LogP contribution >= 0.6 is 0 Å². The van der Waals surface area contributed by atoms with Crippen molar-refractivity contribution < 1.29 is 28.5 Å². The van der Waals surface area contributed by atoms with Crippen molar-refractivity contribution >= 4 is 22.9 Å². The summed E-state index contributed by atoms with van der Waals surface area (Å²) in [5.41, 5.74) is 6.86. The number of nitrogens with one attached hydrogen (secondary N) is 1. The summed E-state index contributed by atoms with van der Waals surface area (Å²) in [5, 5.41) is 1.06. The molecule has 1 N–H and O–H groups in total. The number of esters is 1. The SMILES string of the molecule is COc1cc2c(cc1OC)C1C3Cc4cc5c(cc4C(COC(=O)C=Cc4c[nH]c6ccccc46)N3C(C)C(C2)N1C)OCO5. The fraction of sp³-hybridized carbons (Fsp3) is 0.361. The second-order valence-corrected chi connectivity index (χ2v) is 12.4. The summed E-state index contributed by atoms with van der Waals surface area (Å²) in [7, 11) is 5.61. The summed E-state index contributed by atoms with van der Waals surface area (Å²) in [6, 6.07) is 17.1. The van der Waals surface area contributed by atoms with E-state index in [4.69, 9.17) is 23.7 Å². The first-order chi connectivity index (χ1) is 21.9. The molecule has 0 radical (unpaired) electrons. The van der Waals surface area contributed by atoms with Crippen molar-refractivity contribution in [2.75, 3.05) is 34.7 Å². The molecule has 0 aliphatic carbocycles. The van der Waals surface area contributed by atoms with Crippen molar-refractivity contribution in [2.45, 2.75) is 50.0 Å². The molecule has 45 heavy (non-hydrogen) atoms. The van der Waals surface area contributed by atoms with Gasteiger partial charge in [-0.05, 0) is 85.5 Å². The highest BCUT2D eigenvalue weighted by Gasteiger charge is 2.53. The van der Waals surface area contributed by atoms with Gasteiger partial charge in [-0.25, -0.2) is 4.79 Å². The molecule has 8 rings (SSSR count). The number of rotatable bonds is 6. The molecule has 232 valence electrons. The molecule has 4 aliphatic rings. The normalized spacial score (nSPS) is 25.1. The highest BCUT2D eigenvalue weighted by molar-refractivity contribution is 5.94. The van der Waals surface area contributed by atoms with Crippen molar-refractivity contribution in [3.05, 3.63) is 88.6 Å². The molecule has 9 nitrogen and oxygen atoms in total. The van der Waals surface area contributed by atoms with E-state index in [1.54, 1.807) is 14.2 Å². The Morgan fingerprint density at radius 2 is 1.71 bits per heavy atom. The first-order valence-corrected chi connectivity index (χ1v) is 15.5. The number of H-pyrrole nitrogens is 1. The van der Waals surface area contributed by atoms with Gasteiger partial charge in [0.1, 0.15) is 6.61 Å². The second-order valence-electron chi connectivity index (χ2n) is 12.4. The zero-order valence-electron chi connectivity index (χ0n) is 25.9. The van der Waals surface area contributed by atoms with Gasteiger partial charge in [0, 0.05) is 46.9 Å². The van der Waals surface area contributed by atoms with Crippen LogP contribution < -0.4 is 18.9 Å². The molecule has 5 heterocycles. The molecule has 5 atom stereocenters. The fourth-order valence-electron chi connectivity index (χ4n) is 8.22. The highest BCUT2D eigenvalue weighted by Crippen LogP contribution is 2.52. The number of carbonyl (C=O) groups excluding carboxylic acids is 1. The highest BCUT2D eigenvalue weighted by atomic mass is 16.7. The average molecular weight is 608 g/mol. The molecule has 4 aromatic rings. The Morgan fingerprint density at radius 3 is 2.53 bits per heavy atom. The molecule has 1 fully saturated rings. The molecule has 1 aromatic heterocycles. The van der Waals surface area contributed by atoms with Crippen LogP contribution in [0.25, 0.3) is 17.0 Å². The number of aromatic nitrogens is 1. The van der Waals surface area contributed by atoms with Gasteiger partial charge in [-0.3, -0.25) is 9.80 Å². The van der Waals surface area contributed by atoms with Gasteiger partial charge in [-0.1, -0.05) is 18.2 Å². The van der Waals surface area contributed by atoms with Gasteiger partial charge in [0.05, 0.1) is 26.3 Å². The predicted octanol–water partition coefficient (Wildman–Crippen LogP) is 5.44. The third kappa shape index (κ3) is 4.48. The molecule has 0 spiro atoms. The van der Waals surface area contributed by atoms with E-state index in [2.05, 4.69) is 53.0 Å². The Balaban J connectivity index is 1.15. The van der Waals surface area contributed by atoms with Crippen molar-refractivity contribution in [3.8, 4) is 23.0 Å². The Bertz CT molecular complexity index is 1830. The molecule has 5 unspecified atom stereocenters. The van der Waals surface area contributed by atoms with Gasteiger partial charge in [0.2, 0.25) is 6.79 Å².